The van der Waals surface area contributed by atoms with Crippen molar-refractivity contribution in [2.75, 3.05) is 19.6 Å². The van der Waals surface area contributed by atoms with Crippen molar-refractivity contribution in [3.05, 3.63) is 232 Å². The Morgan fingerprint density at radius 2 is 0.649 bits per heavy atom. The first-order chi connectivity index (χ1) is 43.6. The molecule has 0 saturated carbocycles. The van der Waals surface area contributed by atoms with Gasteiger partial charge in [0.25, 0.3) is 6.71 Å². The highest BCUT2D eigenvalue weighted by atomic mass is 15.2. The van der Waals surface area contributed by atoms with Gasteiger partial charge in [0.15, 0.2) is 0 Å². The number of anilines is 12. The average Bonchev–Trinajstić information content (AvgIpc) is 1.57. The number of fused-ring (bicyclic) bond motifs is 6. The third-order valence-electron chi connectivity index (χ3n) is 21.9. The van der Waals surface area contributed by atoms with E-state index >= 15 is 0 Å². The predicted molar refractivity (Wildman–Crippen MR) is 409 cm³/mol. The zero-order chi connectivity index (χ0) is 67.7. The fraction of sp³-hybridized carbons (Fsp3) is 0.393. The van der Waals surface area contributed by atoms with Crippen LogP contribution in [0.25, 0.3) is 0 Å². The highest BCUT2D eigenvalue weighted by Crippen LogP contribution is 2.56. The Morgan fingerprint density at radius 3 is 1.07 bits per heavy atom. The van der Waals surface area contributed by atoms with Crippen molar-refractivity contribution >= 4 is 91.3 Å². The number of rotatable bonds is 8. The first-order valence-corrected chi connectivity index (χ1v) is 35.0. The summed E-state index contributed by atoms with van der Waals surface area (Å²) in [6.07, 6.45) is 2.15. The minimum Gasteiger partial charge on any atom is -0.311 e. The molecule has 94 heavy (non-hydrogen) atoms. The van der Waals surface area contributed by atoms with E-state index in [0.29, 0.717) is 0 Å². The first-order valence-electron chi connectivity index (χ1n) is 35.0. The smallest absolute Gasteiger partial charge is 0.252 e. The van der Waals surface area contributed by atoms with Crippen molar-refractivity contribution in [2.45, 2.75) is 228 Å². The summed E-state index contributed by atoms with van der Waals surface area (Å²) in [5.74, 6) is 0. The fourth-order valence-corrected chi connectivity index (χ4v) is 17.1. The molecule has 13 rings (SSSR count). The van der Waals surface area contributed by atoms with Crippen LogP contribution in [0.15, 0.2) is 176 Å². The van der Waals surface area contributed by atoms with Crippen LogP contribution in [0.4, 0.5) is 68.2 Å². The highest BCUT2D eigenvalue weighted by Gasteiger charge is 2.50. The SMILES string of the molecule is Cc1cc(C(C)(C)C)ccc1N1c2cc3c(cc2B2c4ccc(N(c5ccc(C(C)(C)C)cc5)c5ccc(C(C)(C)C)cc5)cc4N(c4ccc5c(c4)C(C)(C)CC5(C)C)c4cc(N(c5ccc(C(C)(C)C)cc5)c5ccc(C(C)(C)C)cc5)cc1c42)C(C)(C)CC3(C)C. The summed E-state index contributed by atoms with van der Waals surface area (Å²) >= 11 is 0. The van der Waals surface area contributed by atoms with Gasteiger partial charge in [-0.05, 0) is 238 Å². The molecule has 0 unspecified atom stereocenters. The summed E-state index contributed by atoms with van der Waals surface area (Å²) in [5.41, 5.74) is 31.4. The van der Waals surface area contributed by atoms with E-state index in [9.17, 15) is 0 Å². The largest absolute Gasteiger partial charge is 0.311 e. The zero-order valence-electron chi connectivity index (χ0n) is 61.5. The first kappa shape index (κ1) is 64.9. The van der Waals surface area contributed by atoms with E-state index in [2.05, 4.69) is 362 Å². The monoisotopic (exact) mass is 1240 g/mol. The van der Waals surface area contributed by atoms with Crippen molar-refractivity contribution < 1.29 is 0 Å². The zero-order valence-corrected chi connectivity index (χ0v) is 61.5. The minimum absolute atomic E-state index is 0.00163. The van der Waals surface area contributed by atoms with Crippen molar-refractivity contribution in [3.8, 4) is 0 Å². The molecule has 9 aromatic rings. The van der Waals surface area contributed by atoms with Crippen LogP contribution in [-0.4, -0.2) is 6.71 Å². The van der Waals surface area contributed by atoms with Crippen molar-refractivity contribution in [2.24, 2.45) is 0 Å². The Hall–Kier alpha value is -7.76. The normalized spacial score (nSPS) is 16.7. The second-order valence-corrected chi connectivity index (χ2v) is 36.4. The van der Waals surface area contributed by atoms with Crippen LogP contribution in [0, 0.1) is 6.92 Å². The second-order valence-electron chi connectivity index (χ2n) is 36.4. The van der Waals surface area contributed by atoms with Crippen LogP contribution in [0.5, 0.6) is 0 Å². The maximum Gasteiger partial charge on any atom is 0.252 e. The molecule has 2 heterocycles. The van der Waals surface area contributed by atoms with E-state index < -0.39 is 0 Å². The summed E-state index contributed by atoms with van der Waals surface area (Å²) in [7, 11) is 0. The summed E-state index contributed by atoms with van der Waals surface area (Å²) in [5, 5.41) is 0. The summed E-state index contributed by atoms with van der Waals surface area (Å²) < 4.78 is 0. The summed E-state index contributed by atoms with van der Waals surface area (Å²) in [6.45, 7) is 56.8. The molecule has 0 atom stereocenters. The third kappa shape index (κ3) is 11.1. The molecule has 484 valence electrons. The molecule has 2 aliphatic carbocycles. The van der Waals surface area contributed by atoms with E-state index in [1.165, 1.54) is 106 Å². The Balaban J connectivity index is 1.18. The number of hydrogen-bond acceptors (Lipinski definition) is 4. The second kappa shape index (κ2) is 21.6. The molecule has 0 bridgehead atoms. The van der Waals surface area contributed by atoms with Gasteiger partial charge < -0.3 is 19.6 Å². The molecule has 4 nitrogen and oxygen atoms in total. The maximum atomic E-state index is 2.71. The van der Waals surface area contributed by atoms with Gasteiger partial charge in [0, 0.05) is 62.6 Å². The van der Waals surface area contributed by atoms with Gasteiger partial charge in [-0.1, -0.05) is 238 Å². The summed E-state index contributed by atoms with van der Waals surface area (Å²) in [4.78, 5) is 10.5. The maximum absolute atomic E-state index is 2.71. The fourth-order valence-electron chi connectivity index (χ4n) is 17.1. The number of aryl methyl sites for hydroxylation is 1. The lowest BCUT2D eigenvalue weighted by Gasteiger charge is -2.46. The van der Waals surface area contributed by atoms with Gasteiger partial charge in [-0.15, -0.1) is 0 Å². The average molecular weight is 1240 g/mol. The number of benzene rings is 9. The molecular weight excluding hydrogens is 1140 g/mol. The van der Waals surface area contributed by atoms with Gasteiger partial charge in [-0.2, -0.15) is 0 Å². The van der Waals surface area contributed by atoms with Crippen molar-refractivity contribution in [1.82, 2.24) is 0 Å². The van der Waals surface area contributed by atoms with Crippen LogP contribution < -0.4 is 36.0 Å². The van der Waals surface area contributed by atoms with Gasteiger partial charge in [0.1, 0.15) is 0 Å². The van der Waals surface area contributed by atoms with Crippen LogP contribution in [0.2, 0.25) is 0 Å². The topological polar surface area (TPSA) is 13.0 Å². The standard InChI is InChI=1S/C89H105BN4/c1-56-47-61(85(14,15)16)33-46-75(56)94-77-53-72-71(88(21,22)55-89(72,23)24)52-74(77)90-73-45-43-67(91(62-34-25-57(26-35-62)81(2,3)4)63-36-27-58(28-37-63)82(5,6)7)49-76(73)93(66-42-44-69-70(48-66)87(19,20)54-86(69,17)18)78-50-68(51-79(94)80(78)90)92(64-38-29-59(30-39-64)83(8,9)10)65-40-31-60(32-41-65)84(11,12)13/h25-53H,54-55H2,1-24H3. The molecule has 2 aliphatic heterocycles. The molecule has 0 aromatic heterocycles. The Morgan fingerprint density at radius 1 is 0.298 bits per heavy atom. The molecular formula is C89H105BN4. The highest BCUT2D eigenvalue weighted by molar-refractivity contribution is 7.00. The Kier molecular flexibility index (Phi) is 14.9. The van der Waals surface area contributed by atoms with Crippen LogP contribution in [0.3, 0.4) is 0 Å². The Labute approximate surface area is 566 Å². The number of nitrogens with zero attached hydrogens (tertiary/aromatic N) is 4. The minimum atomic E-state index is -0.120. The Bertz CT molecular complexity index is 4330. The van der Waals surface area contributed by atoms with E-state index in [-0.39, 0.29) is 55.4 Å². The molecule has 0 radical (unpaired) electrons. The lowest BCUT2D eigenvalue weighted by Crippen LogP contribution is -2.61. The molecule has 9 aromatic carbocycles. The van der Waals surface area contributed by atoms with Crippen molar-refractivity contribution in [1.29, 1.82) is 0 Å². The van der Waals surface area contributed by atoms with E-state index in [4.69, 9.17) is 0 Å². The van der Waals surface area contributed by atoms with E-state index in [1.54, 1.807) is 0 Å². The van der Waals surface area contributed by atoms with Crippen LogP contribution >= 0.6 is 0 Å². The number of hydrogen-bond donors (Lipinski definition) is 0. The molecule has 4 aliphatic rings. The molecule has 0 fully saturated rings. The van der Waals surface area contributed by atoms with Gasteiger partial charge in [-0.3, -0.25) is 0 Å². The molecule has 0 N–H and O–H groups in total. The molecule has 0 spiro atoms. The van der Waals surface area contributed by atoms with Gasteiger partial charge >= 0.3 is 0 Å². The lowest BCUT2D eigenvalue weighted by atomic mass is 9.33. The quantitative estimate of drug-likeness (QED) is 0.141. The van der Waals surface area contributed by atoms with Crippen LogP contribution in [-0.2, 0) is 48.7 Å². The summed E-state index contributed by atoms with van der Waals surface area (Å²) in [6, 6.07) is 70.4. The predicted octanol–water partition coefficient (Wildman–Crippen LogP) is 23.4. The molecule has 0 saturated heterocycles. The van der Waals surface area contributed by atoms with Gasteiger partial charge in [0.05, 0.1) is 5.69 Å². The van der Waals surface area contributed by atoms with Gasteiger partial charge in [0.2, 0.25) is 0 Å². The van der Waals surface area contributed by atoms with Crippen molar-refractivity contribution in [3.63, 3.8) is 0 Å². The van der Waals surface area contributed by atoms with E-state index in [1.807, 2.05) is 0 Å². The van der Waals surface area contributed by atoms with E-state index in [0.717, 1.165) is 47.0 Å². The third-order valence-corrected chi connectivity index (χ3v) is 21.9. The molecule has 5 heteroatoms. The lowest BCUT2D eigenvalue weighted by molar-refractivity contribution is 0.403. The van der Waals surface area contributed by atoms with Gasteiger partial charge in [-0.25, -0.2) is 0 Å². The molecule has 0 amide bonds. The van der Waals surface area contributed by atoms with Crippen LogP contribution in [0.1, 0.15) is 228 Å².